The third-order valence-electron chi connectivity index (χ3n) is 3.95. The molecule has 1 fully saturated rings. The first kappa shape index (κ1) is 8.60. The third-order valence-corrected chi connectivity index (χ3v) is 3.95. The van der Waals surface area contributed by atoms with Gasteiger partial charge < -0.3 is 5.73 Å². The molecule has 0 aromatic carbocycles. The molecule has 13 heavy (non-hydrogen) atoms. The molecule has 0 spiro atoms. The molecule has 0 bridgehead atoms. The van der Waals surface area contributed by atoms with Crippen LogP contribution in [0.25, 0.3) is 0 Å². The molecule has 1 aromatic heterocycles. The van der Waals surface area contributed by atoms with E-state index in [1.807, 2.05) is 6.07 Å². The summed E-state index contributed by atoms with van der Waals surface area (Å²) < 4.78 is 0. The van der Waals surface area contributed by atoms with Gasteiger partial charge in [-0.2, -0.15) is 5.10 Å². The summed E-state index contributed by atoms with van der Waals surface area (Å²) in [4.78, 5) is 0. The Morgan fingerprint density at radius 2 is 1.85 bits per heavy atom. The van der Waals surface area contributed by atoms with Gasteiger partial charge in [0.15, 0.2) is 0 Å². The largest absolute Gasteiger partial charge is 0.382 e. The Morgan fingerprint density at radius 1 is 1.31 bits per heavy atom. The Balaban J connectivity index is 2.32. The number of hydrogen-bond acceptors (Lipinski definition) is 2. The molecular weight excluding hydrogens is 162 g/mol. The van der Waals surface area contributed by atoms with Gasteiger partial charge in [0.05, 0.1) is 0 Å². The van der Waals surface area contributed by atoms with Gasteiger partial charge in [-0.15, -0.1) is 0 Å². The van der Waals surface area contributed by atoms with Crippen LogP contribution in [0.3, 0.4) is 0 Å². The second-order valence-electron chi connectivity index (χ2n) is 5.12. The average Bonchev–Trinajstić information content (AvgIpc) is 2.32. The van der Waals surface area contributed by atoms with Crippen molar-refractivity contribution in [1.29, 1.82) is 0 Å². The van der Waals surface area contributed by atoms with Crippen molar-refractivity contribution < 1.29 is 0 Å². The molecule has 0 unspecified atom stereocenters. The summed E-state index contributed by atoms with van der Waals surface area (Å²) in [7, 11) is 0. The lowest BCUT2D eigenvalue weighted by molar-refractivity contribution is 0.457. The van der Waals surface area contributed by atoms with E-state index in [-0.39, 0.29) is 0 Å². The predicted molar refractivity (Wildman–Crippen MR) is 53.3 cm³/mol. The Labute approximate surface area is 78.7 Å². The fourth-order valence-electron chi connectivity index (χ4n) is 2.47. The van der Waals surface area contributed by atoms with E-state index in [4.69, 9.17) is 5.73 Å². The van der Waals surface area contributed by atoms with Crippen molar-refractivity contribution in [2.45, 2.75) is 33.6 Å². The summed E-state index contributed by atoms with van der Waals surface area (Å²) in [5.41, 5.74) is 7.46. The van der Waals surface area contributed by atoms with E-state index in [1.54, 1.807) is 0 Å². The molecule has 1 saturated carbocycles. The fourth-order valence-corrected chi connectivity index (χ4v) is 2.47. The van der Waals surface area contributed by atoms with E-state index in [0.29, 0.717) is 22.6 Å². The number of nitrogen functional groups attached to an aromatic ring is 1. The molecule has 3 nitrogen and oxygen atoms in total. The van der Waals surface area contributed by atoms with Gasteiger partial charge in [-0.25, -0.2) is 0 Å². The Hall–Kier alpha value is -0.990. The quantitative estimate of drug-likeness (QED) is 0.694. The third kappa shape index (κ3) is 0.929. The molecule has 3 N–H and O–H groups in total. The van der Waals surface area contributed by atoms with Crippen molar-refractivity contribution in [2.24, 2.45) is 10.8 Å². The van der Waals surface area contributed by atoms with Crippen LogP contribution in [0.2, 0.25) is 0 Å². The molecule has 1 aliphatic carbocycles. The lowest BCUT2D eigenvalue weighted by atomic mass is 10.0. The SMILES string of the molecule is CC1(C)C(c2cc(N)n[nH]2)C1(C)C. The first-order chi connectivity index (χ1) is 5.87. The molecule has 3 heteroatoms. The summed E-state index contributed by atoms with van der Waals surface area (Å²) in [5.74, 6) is 1.15. The highest BCUT2D eigenvalue weighted by molar-refractivity contribution is 5.37. The molecule has 1 heterocycles. The lowest BCUT2D eigenvalue weighted by Crippen LogP contribution is -1.95. The maximum Gasteiger partial charge on any atom is 0.145 e. The zero-order valence-corrected chi connectivity index (χ0v) is 8.68. The lowest BCUT2D eigenvalue weighted by Gasteiger charge is -2.03. The minimum absolute atomic E-state index is 0.353. The first-order valence-electron chi connectivity index (χ1n) is 4.68. The summed E-state index contributed by atoms with van der Waals surface area (Å²) in [6.07, 6.45) is 0. The van der Waals surface area contributed by atoms with E-state index >= 15 is 0 Å². The van der Waals surface area contributed by atoms with Gasteiger partial charge in [-0.05, 0) is 10.8 Å². The van der Waals surface area contributed by atoms with Crippen molar-refractivity contribution in [2.75, 3.05) is 5.73 Å². The number of H-pyrrole nitrogens is 1. The maximum atomic E-state index is 5.58. The van der Waals surface area contributed by atoms with E-state index in [1.165, 1.54) is 5.69 Å². The van der Waals surface area contributed by atoms with Gasteiger partial charge in [0, 0.05) is 17.7 Å². The normalized spacial score (nSPS) is 24.6. The standard InChI is InChI=1S/C10H17N3/c1-9(2)8(10(9,3)4)6-5-7(11)13-12-6/h5,8H,1-4H3,(H3,11,12,13). The number of nitrogens with two attached hydrogens (primary N) is 1. The van der Waals surface area contributed by atoms with Gasteiger partial charge in [0.1, 0.15) is 5.82 Å². The van der Waals surface area contributed by atoms with Crippen molar-refractivity contribution >= 4 is 5.82 Å². The van der Waals surface area contributed by atoms with E-state index < -0.39 is 0 Å². The van der Waals surface area contributed by atoms with Gasteiger partial charge in [0.2, 0.25) is 0 Å². The molecule has 0 atom stereocenters. The second kappa shape index (κ2) is 2.08. The van der Waals surface area contributed by atoms with Crippen LogP contribution in [0.5, 0.6) is 0 Å². The molecule has 72 valence electrons. The summed E-state index contributed by atoms with van der Waals surface area (Å²) in [5, 5.41) is 6.97. The summed E-state index contributed by atoms with van der Waals surface area (Å²) in [6, 6.07) is 1.95. The first-order valence-corrected chi connectivity index (χ1v) is 4.68. The molecular formula is C10H17N3. The van der Waals surface area contributed by atoms with Crippen molar-refractivity contribution in [1.82, 2.24) is 10.2 Å². The van der Waals surface area contributed by atoms with Crippen LogP contribution < -0.4 is 5.73 Å². The fraction of sp³-hybridized carbons (Fsp3) is 0.700. The van der Waals surface area contributed by atoms with Gasteiger partial charge >= 0.3 is 0 Å². The molecule has 1 aliphatic rings. The van der Waals surface area contributed by atoms with Crippen molar-refractivity contribution in [3.8, 4) is 0 Å². The van der Waals surface area contributed by atoms with Gasteiger partial charge in [-0.3, -0.25) is 5.10 Å². The highest BCUT2D eigenvalue weighted by Crippen LogP contribution is 2.73. The number of nitrogens with one attached hydrogen (secondary N) is 1. The van der Waals surface area contributed by atoms with Crippen LogP contribution in [-0.2, 0) is 0 Å². The van der Waals surface area contributed by atoms with Crippen LogP contribution >= 0.6 is 0 Å². The Bertz CT molecular complexity index is 322. The Morgan fingerprint density at radius 3 is 2.15 bits per heavy atom. The summed E-state index contributed by atoms with van der Waals surface area (Å²) >= 11 is 0. The minimum Gasteiger partial charge on any atom is -0.382 e. The van der Waals surface area contributed by atoms with Crippen LogP contribution in [0.15, 0.2) is 6.07 Å². The number of hydrogen-bond donors (Lipinski definition) is 2. The highest BCUT2D eigenvalue weighted by Gasteiger charge is 2.65. The number of aromatic nitrogens is 2. The number of nitrogens with zero attached hydrogens (tertiary/aromatic N) is 1. The molecule has 2 rings (SSSR count). The Kier molecular flexibility index (Phi) is 1.38. The second-order valence-corrected chi connectivity index (χ2v) is 5.12. The molecule has 0 aliphatic heterocycles. The monoisotopic (exact) mass is 179 g/mol. The van der Waals surface area contributed by atoms with Crippen LogP contribution in [0, 0.1) is 10.8 Å². The molecule has 0 saturated heterocycles. The zero-order valence-electron chi connectivity index (χ0n) is 8.68. The number of rotatable bonds is 1. The molecule has 1 aromatic rings. The van der Waals surface area contributed by atoms with Gasteiger partial charge in [0.25, 0.3) is 0 Å². The van der Waals surface area contributed by atoms with Crippen molar-refractivity contribution in [3.63, 3.8) is 0 Å². The number of anilines is 1. The zero-order chi connectivity index (χ0) is 9.85. The van der Waals surface area contributed by atoms with Crippen molar-refractivity contribution in [3.05, 3.63) is 11.8 Å². The van der Waals surface area contributed by atoms with E-state index in [2.05, 4.69) is 37.9 Å². The minimum atomic E-state index is 0.353. The predicted octanol–water partition coefficient (Wildman–Crippen LogP) is 2.14. The maximum absolute atomic E-state index is 5.58. The van der Waals surface area contributed by atoms with Crippen LogP contribution in [0.1, 0.15) is 39.3 Å². The van der Waals surface area contributed by atoms with Crippen LogP contribution in [-0.4, -0.2) is 10.2 Å². The van der Waals surface area contributed by atoms with E-state index in [0.717, 1.165) is 0 Å². The molecule has 0 radical (unpaired) electrons. The number of aromatic amines is 1. The molecule has 0 amide bonds. The smallest absolute Gasteiger partial charge is 0.145 e. The average molecular weight is 179 g/mol. The summed E-state index contributed by atoms with van der Waals surface area (Å²) in [6.45, 7) is 9.15. The topological polar surface area (TPSA) is 54.7 Å². The van der Waals surface area contributed by atoms with Gasteiger partial charge in [-0.1, -0.05) is 27.7 Å². The highest BCUT2D eigenvalue weighted by atomic mass is 15.2. The van der Waals surface area contributed by atoms with Crippen LogP contribution in [0.4, 0.5) is 5.82 Å². The van der Waals surface area contributed by atoms with E-state index in [9.17, 15) is 0 Å².